The molecule has 0 radical (unpaired) electrons. The molecule has 11 heteroatoms. The Bertz CT molecular complexity index is 1050. The van der Waals surface area contributed by atoms with Gasteiger partial charge in [-0.1, -0.05) is 0 Å². The molecule has 1 aromatic carbocycles. The summed E-state index contributed by atoms with van der Waals surface area (Å²) in [5.41, 5.74) is 1.95. The Labute approximate surface area is 202 Å². The molecule has 2 heterocycles. The number of halogens is 3. The van der Waals surface area contributed by atoms with Crippen LogP contribution in [0.25, 0.3) is 0 Å². The van der Waals surface area contributed by atoms with E-state index in [4.69, 9.17) is 0 Å². The van der Waals surface area contributed by atoms with E-state index in [0.717, 1.165) is 23.1 Å². The third-order valence-electron chi connectivity index (χ3n) is 6.03. The maximum atomic E-state index is 13.5. The summed E-state index contributed by atoms with van der Waals surface area (Å²) in [6.07, 6.45) is -3.81. The van der Waals surface area contributed by atoms with Crippen molar-refractivity contribution in [3.8, 4) is 0 Å². The quantitative estimate of drug-likeness (QED) is 0.485. The first-order valence-electron chi connectivity index (χ1n) is 11.3. The summed E-state index contributed by atoms with van der Waals surface area (Å²) in [5.74, 6) is 0.161. The summed E-state index contributed by atoms with van der Waals surface area (Å²) in [4.78, 5) is 29.1. The first kappa shape index (κ1) is 26.4. The number of aryl methyl sites for hydroxylation is 1. The molecule has 0 aliphatic carbocycles. The molecule has 186 valence electrons. The fourth-order valence-corrected chi connectivity index (χ4v) is 8.60. The second-order valence-corrected chi connectivity index (χ2v) is 24.0. The van der Waals surface area contributed by atoms with E-state index in [0.29, 0.717) is 19.5 Å². The fourth-order valence-electron chi connectivity index (χ4n) is 4.44. The van der Waals surface area contributed by atoms with Gasteiger partial charge in [0.1, 0.15) is 0 Å². The fraction of sp³-hybridized carbons (Fsp3) is 0.522. The van der Waals surface area contributed by atoms with Gasteiger partial charge in [0.25, 0.3) is 0 Å². The molecule has 1 fully saturated rings. The third kappa shape index (κ3) is 5.69. The average Bonchev–Trinajstić information content (AvgIpc) is 2.71. The Kier molecular flexibility index (Phi) is 7.59. The Morgan fingerprint density at radius 1 is 1.21 bits per heavy atom. The molecule has 1 saturated heterocycles. The summed E-state index contributed by atoms with van der Waals surface area (Å²) in [5, 5.41) is 12.6. The number of carboxylic acid groups (broad SMARTS) is 1. The Morgan fingerprint density at radius 3 is 2.32 bits per heavy atom. The van der Waals surface area contributed by atoms with Crippen molar-refractivity contribution in [2.75, 3.05) is 23.3 Å². The molecule has 0 saturated carbocycles. The topological polar surface area (TPSA) is 81.6 Å². The van der Waals surface area contributed by atoms with E-state index in [-0.39, 0.29) is 21.7 Å². The van der Waals surface area contributed by atoms with Crippen LogP contribution in [0.4, 0.5) is 35.3 Å². The van der Waals surface area contributed by atoms with Crippen molar-refractivity contribution in [3.63, 3.8) is 0 Å². The van der Waals surface area contributed by atoms with Crippen molar-refractivity contribution in [2.45, 2.75) is 60.3 Å². The molecule has 1 aliphatic heterocycles. The van der Waals surface area contributed by atoms with Crippen LogP contribution in [0.5, 0.6) is 0 Å². The molecule has 34 heavy (non-hydrogen) atoms. The predicted molar refractivity (Wildman–Crippen MR) is 130 cm³/mol. The molecule has 1 amide bonds. The van der Waals surface area contributed by atoms with E-state index in [1.165, 1.54) is 4.90 Å². The van der Waals surface area contributed by atoms with Gasteiger partial charge < -0.3 is 5.11 Å². The van der Waals surface area contributed by atoms with E-state index >= 15 is 0 Å². The number of nitrogens with one attached hydrogen (secondary N) is 1. The molecular weight excluding hydrogens is 554 g/mol. The van der Waals surface area contributed by atoms with E-state index < -0.39 is 36.2 Å². The second-order valence-electron chi connectivity index (χ2n) is 9.82. The molecule has 2 aromatic rings. The van der Waals surface area contributed by atoms with Crippen LogP contribution >= 0.6 is 0 Å². The van der Waals surface area contributed by atoms with Gasteiger partial charge >= 0.3 is 193 Å². The first-order valence-corrected chi connectivity index (χ1v) is 21.3. The molecular formula is C23H32F3N5O2Sn. The van der Waals surface area contributed by atoms with Gasteiger partial charge in [-0.15, -0.1) is 0 Å². The summed E-state index contributed by atoms with van der Waals surface area (Å²) < 4.78 is 40.6. The number of aromatic nitrogens is 2. The monoisotopic (exact) mass is 587 g/mol. The number of carbonyl (C=O) groups is 1. The average molecular weight is 586 g/mol. The van der Waals surface area contributed by atoms with Crippen LogP contribution in [0.15, 0.2) is 24.4 Å². The Balaban J connectivity index is 1.88. The maximum absolute atomic E-state index is 13.5. The van der Waals surface area contributed by atoms with Gasteiger partial charge in [0.05, 0.1) is 0 Å². The molecule has 1 aromatic heterocycles. The van der Waals surface area contributed by atoms with Gasteiger partial charge in [-0.05, 0) is 0 Å². The van der Waals surface area contributed by atoms with Crippen LogP contribution in [-0.4, -0.2) is 69.6 Å². The Hall–Kier alpha value is -2.24. The number of rotatable bonds is 5. The van der Waals surface area contributed by atoms with Crippen molar-refractivity contribution in [1.82, 2.24) is 14.9 Å². The van der Waals surface area contributed by atoms with Crippen LogP contribution in [0, 0.1) is 0 Å². The molecule has 3 rings (SSSR count). The number of hydrogen-bond donors (Lipinski definition) is 2. The summed E-state index contributed by atoms with van der Waals surface area (Å²) in [6.45, 7) is 6.95. The molecule has 0 spiro atoms. The third-order valence-corrected chi connectivity index (χ3v) is 11.2. The van der Waals surface area contributed by atoms with Crippen molar-refractivity contribution >= 4 is 45.5 Å². The number of hydrogen-bond acceptors (Lipinski definition) is 5. The normalized spacial score (nSPS) is 19.3. The minimum absolute atomic E-state index is 0.146. The summed E-state index contributed by atoms with van der Waals surface area (Å²) in [7, 11) is 0. The zero-order valence-electron chi connectivity index (χ0n) is 20.4. The predicted octanol–water partition coefficient (Wildman–Crippen LogP) is 4.92. The number of anilines is 3. The van der Waals surface area contributed by atoms with Crippen LogP contribution in [0.2, 0.25) is 14.8 Å². The number of nitrogens with zero attached hydrogens (tertiary/aromatic N) is 4. The first-order chi connectivity index (χ1) is 15.7. The van der Waals surface area contributed by atoms with Gasteiger partial charge in [0.2, 0.25) is 0 Å². The van der Waals surface area contributed by atoms with Gasteiger partial charge in [-0.2, -0.15) is 0 Å². The van der Waals surface area contributed by atoms with Crippen molar-refractivity contribution in [2.24, 2.45) is 0 Å². The number of amides is 1. The van der Waals surface area contributed by atoms with Crippen molar-refractivity contribution < 1.29 is 23.1 Å². The minimum atomic E-state index is -4.48. The zero-order chi connectivity index (χ0) is 25.4. The standard InChI is InChI=1S/C20H23F3N5O2.3CH3.Sn/c1-4-14-7-16(27-10-12(2)28(19(29)30)13(3)11-27)5-6-17(14)26-18-24-8-15(9-25-18)20(21,22)23;;;;/h5-8,12-13H,4,10-11H2,1-3H3,(H,29,30)(H,24,25,26);3*1H3;/t12-,13+;;;;. The SMILES string of the molecule is CCc1cc(N2C[C@@H](C)N(C(=O)O)[C@@H](C)C2)ccc1Nc1ncc(C(F)(F)F)[c]([Sn]([CH3])([CH3])[CH3])n1. The van der Waals surface area contributed by atoms with E-state index in [2.05, 4.69) is 20.2 Å². The van der Waals surface area contributed by atoms with Crippen LogP contribution in [0.3, 0.4) is 0 Å². The van der Waals surface area contributed by atoms with Crippen LogP contribution in [-0.2, 0) is 12.6 Å². The molecule has 1 aliphatic rings. The van der Waals surface area contributed by atoms with Crippen LogP contribution < -0.4 is 13.9 Å². The summed E-state index contributed by atoms with van der Waals surface area (Å²) >= 11 is -3.18. The van der Waals surface area contributed by atoms with Gasteiger partial charge in [0, 0.05) is 0 Å². The van der Waals surface area contributed by atoms with Crippen LogP contribution in [0.1, 0.15) is 31.9 Å². The molecule has 2 N–H and O–H groups in total. The van der Waals surface area contributed by atoms with Crippen molar-refractivity contribution in [3.05, 3.63) is 35.5 Å². The zero-order valence-corrected chi connectivity index (χ0v) is 23.2. The summed E-state index contributed by atoms with van der Waals surface area (Å²) in [6, 6.07) is 5.56. The van der Waals surface area contributed by atoms with Crippen molar-refractivity contribution in [1.29, 1.82) is 0 Å². The molecule has 2 atom stereocenters. The van der Waals surface area contributed by atoms with Gasteiger partial charge in [-0.3, -0.25) is 0 Å². The van der Waals surface area contributed by atoms with E-state index in [1.54, 1.807) is 0 Å². The molecule has 7 nitrogen and oxygen atoms in total. The van der Waals surface area contributed by atoms with E-state index in [1.807, 2.05) is 53.8 Å². The Morgan fingerprint density at radius 2 is 1.82 bits per heavy atom. The van der Waals surface area contributed by atoms with Gasteiger partial charge in [0.15, 0.2) is 0 Å². The molecule has 0 bridgehead atoms. The number of benzene rings is 1. The second kappa shape index (κ2) is 9.79. The van der Waals surface area contributed by atoms with E-state index in [9.17, 15) is 23.1 Å². The number of alkyl halides is 3. The van der Waals surface area contributed by atoms with Gasteiger partial charge in [-0.25, -0.2) is 4.79 Å². The molecule has 0 unspecified atom stereocenters. The number of piperazine rings is 1.